The molecule has 2 nitrogen and oxygen atoms in total. The van der Waals surface area contributed by atoms with Crippen LogP contribution >= 0.6 is 0 Å². The second-order valence-corrected chi connectivity index (χ2v) is 17.1. The van der Waals surface area contributed by atoms with Gasteiger partial charge in [0.05, 0.1) is 39.0 Å². The van der Waals surface area contributed by atoms with Gasteiger partial charge in [0.25, 0.3) is 0 Å². The lowest BCUT2D eigenvalue weighted by atomic mass is 9.98. The number of hydrogen-bond donors (Lipinski definition) is 0. The molecule has 12 aromatic rings. The maximum atomic E-state index is 16.3. The molecule has 0 fully saturated rings. The van der Waals surface area contributed by atoms with Crippen molar-refractivity contribution in [2.45, 2.75) is 6.18 Å². The summed E-state index contributed by atoms with van der Waals surface area (Å²) in [5.41, 5.74) is 9.20. The van der Waals surface area contributed by atoms with E-state index in [-0.39, 0.29) is 22.5 Å². The SMILES string of the molecule is Fc1cc(F)cc(-c2cc(-n3c4ccc(-c5ccccc5)cc4c4cc(-c5ccccc5)ccc43)c(C(F)(F)F)cc2-n2c3ccc(-c4ccccc4)cc3c3cc(-c4ccccc4)ccc32)c1. The minimum Gasteiger partial charge on any atom is -0.309 e. The van der Waals surface area contributed by atoms with E-state index in [1.807, 2.05) is 182 Å². The van der Waals surface area contributed by atoms with Crippen molar-refractivity contribution < 1.29 is 22.0 Å². The van der Waals surface area contributed by atoms with Crippen LogP contribution in [-0.2, 0) is 6.18 Å². The van der Waals surface area contributed by atoms with Crippen molar-refractivity contribution in [3.8, 4) is 67.0 Å². The molecule has 2 heterocycles. The number of rotatable bonds is 7. The van der Waals surface area contributed by atoms with Crippen molar-refractivity contribution in [3.05, 3.63) is 242 Å². The smallest absolute Gasteiger partial charge is 0.309 e. The van der Waals surface area contributed by atoms with E-state index in [0.29, 0.717) is 22.1 Å². The molecule has 0 unspecified atom stereocenters. The van der Waals surface area contributed by atoms with Crippen LogP contribution in [0.2, 0.25) is 0 Å². The molecule has 0 aliphatic carbocycles. The molecule has 10 aromatic carbocycles. The second kappa shape index (κ2) is 16.1. The summed E-state index contributed by atoms with van der Waals surface area (Å²) in [6, 6.07) is 68.7. The summed E-state index contributed by atoms with van der Waals surface area (Å²) in [5, 5.41) is 3.11. The average molecular weight is 893 g/mol. The van der Waals surface area contributed by atoms with Crippen molar-refractivity contribution in [3.63, 3.8) is 0 Å². The number of hydrogen-bond acceptors (Lipinski definition) is 0. The Kier molecular flexibility index (Phi) is 9.69. The number of nitrogens with zero attached hydrogens (tertiary/aromatic N) is 2. The fraction of sp³-hybridized carbons (Fsp3) is 0.0164. The molecular weight excluding hydrogens is 856 g/mol. The molecule has 0 N–H and O–H groups in total. The van der Waals surface area contributed by atoms with Crippen LogP contribution in [0.15, 0.2) is 224 Å². The summed E-state index contributed by atoms with van der Waals surface area (Å²) >= 11 is 0. The van der Waals surface area contributed by atoms with Gasteiger partial charge in [-0.05, 0) is 123 Å². The Hall–Kier alpha value is -8.55. The van der Waals surface area contributed by atoms with Gasteiger partial charge in [0.15, 0.2) is 0 Å². The lowest BCUT2D eigenvalue weighted by molar-refractivity contribution is -0.137. The summed E-state index contributed by atoms with van der Waals surface area (Å²) in [6.07, 6.45) is -4.88. The minimum absolute atomic E-state index is 0.0859. The molecule has 0 atom stereocenters. The van der Waals surface area contributed by atoms with Gasteiger partial charge in [0, 0.05) is 33.2 Å². The van der Waals surface area contributed by atoms with E-state index < -0.39 is 23.4 Å². The Balaban J connectivity index is 1.18. The van der Waals surface area contributed by atoms with Crippen LogP contribution in [0.4, 0.5) is 22.0 Å². The first-order chi connectivity index (χ1) is 33.2. The van der Waals surface area contributed by atoms with Gasteiger partial charge >= 0.3 is 6.18 Å². The highest BCUT2D eigenvalue weighted by molar-refractivity contribution is 6.14. The lowest BCUT2D eigenvalue weighted by Gasteiger charge is -2.22. The van der Waals surface area contributed by atoms with Crippen LogP contribution < -0.4 is 0 Å². The van der Waals surface area contributed by atoms with E-state index in [4.69, 9.17) is 0 Å². The monoisotopic (exact) mass is 892 g/mol. The summed E-state index contributed by atoms with van der Waals surface area (Å²) < 4.78 is 83.2. The molecule has 0 aliphatic rings. The van der Waals surface area contributed by atoms with Gasteiger partial charge in [-0.2, -0.15) is 13.2 Å². The van der Waals surface area contributed by atoms with E-state index in [1.165, 1.54) is 18.2 Å². The predicted molar refractivity (Wildman–Crippen MR) is 267 cm³/mol. The molecule has 68 heavy (non-hydrogen) atoms. The molecule has 12 rings (SSSR count). The van der Waals surface area contributed by atoms with Crippen LogP contribution in [0.25, 0.3) is 111 Å². The highest BCUT2D eigenvalue weighted by Crippen LogP contribution is 2.47. The molecular formula is C61H37F5N2. The Morgan fingerprint density at radius 1 is 0.279 bits per heavy atom. The first-order valence-corrected chi connectivity index (χ1v) is 22.3. The third kappa shape index (κ3) is 7.02. The van der Waals surface area contributed by atoms with Crippen LogP contribution in [0.5, 0.6) is 0 Å². The molecule has 0 amide bonds. The molecule has 0 saturated carbocycles. The summed E-state index contributed by atoms with van der Waals surface area (Å²) in [4.78, 5) is 0. The zero-order valence-corrected chi connectivity index (χ0v) is 36.1. The molecule has 0 spiro atoms. The fourth-order valence-electron chi connectivity index (χ4n) is 9.92. The van der Waals surface area contributed by atoms with Gasteiger partial charge in [0.1, 0.15) is 11.6 Å². The molecule has 0 saturated heterocycles. The first-order valence-electron chi connectivity index (χ1n) is 22.3. The molecule has 7 heteroatoms. The lowest BCUT2D eigenvalue weighted by Crippen LogP contribution is -2.13. The zero-order valence-electron chi connectivity index (χ0n) is 36.1. The van der Waals surface area contributed by atoms with E-state index in [0.717, 1.165) is 78.2 Å². The first kappa shape index (κ1) is 40.9. The number of benzene rings is 10. The Labute approximate surface area is 388 Å². The van der Waals surface area contributed by atoms with E-state index in [1.54, 1.807) is 9.13 Å². The summed E-state index contributed by atoms with van der Waals surface area (Å²) in [7, 11) is 0. The van der Waals surface area contributed by atoms with Gasteiger partial charge < -0.3 is 9.13 Å². The van der Waals surface area contributed by atoms with E-state index >= 15 is 22.0 Å². The predicted octanol–water partition coefficient (Wildman–Crippen LogP) is 17.5. The Bertz CT molecular complexity index is 3680. The topological polar surface area (TPSA) is 9.86 Å². The number of fused-ring (bicyclic) bond motifs is 6. The van der Waals surface area contributed by atoms with E-state index in [2.05, 4.69) is 12.1 Å². The van der Waals surface area contributed by atoms with Gasteiger partial charge in [-0.25, -0.2) is 8.78 Å². The molecule has 0 radical (unpaired) electrons. The average Bonchev–Trinajstić information content (AvgIpc) is 3.87. The van der Waals surface area contributed by atoms with Crippen LogP contribution in [0.1, 0.15) is 5.56 Å². The standard InChI is InChI=1S/C61H37F5N2/c62-47-29-46(30-48(63)35-47)49-36-60(68-57-27-23-44(40-17-9-3-10-18-40)33-52(57)53-34-45(24-28-58(53)68)41-19-11-4-12-20-41)54(61(64,65)66)37-59(49)67-55-25-21-42(38-13-5-1-6-14-38)31-50(55)51-32-43(22-26-56(51)67)39-15-7-2-8-16-39/h1-37H. The quantitative estimate of drug-likeness (QED) is 0.141. The highest BCUT2D eigenvalue weighted by Gasteiger charge is 2.37. The highest BCUT2D eigenvalue weighted by atomic mass is 19.4. The van der Waals surface area contributed by atoms with Crippen molar-refractivity contribution >= 4 is 43.6 Å². The molecule has 0 aliphatic heterocycles. The number of alkyl halides is 3. The molecule has 0 bridgehead atoms. The van der Waals surface area contributed by atoms with Crippen molar-refractivity contribution in [2.24, 2.45) is 0 Å². The number of halogens is 5. The molecule has 326 valence electrons. The van der Waals surface area contributed by atoms with Crippen molar-refractivity contribution in [1.82, 2.24) is 9.13 Å². The molecule has 2 aromatic heterocycles. The Morgan fingerprint density at radius 3 is 0.926 bits per heavy atom. The van der Waals surface area contributed by atoms with Gasteiger partial charge in [0.2, 0.25) is 0 Å². The van der Waals surface area contributed by atoms with Crippen LogP contribution in [0.3, 0.4) is 0 Å². The van der Waals surface area contributed by atoms with Gasteiger partial charge in [-0.15, -0.1) is 0 Å². The normalized spacial score (nSPS) is 11.9. The maximum Gasteiger partial charge on any atom is 0.418 e. The Morgan fingerprint density at radius 2 is 0.603 bits per heavy atom. The minimum atomic E-state index is -4.88. The summed E-state index contributed by atoms with van der Waals surface area (Å²) in [6.45, 7) is 0. The zero-order chi connectivity index (χ0) is 46.1. The van der Waals surface area contributed by atoms with Crippen LogP contribution in [-0.4, -0.2) is 9.13 Å². The fourth-order valence-corrected chi connectivity index (χ4v) is 9.92. The summed E-state index contributed by atoms with van der Waals surface area (Å²) in [5.74, 6) is -1.71. The van der Waals surface area contributed by atoms with Crippen molar-refractivity contribution in [1.29, 1.82) is 0 Å². The van der Waals surface area contributed by atoms with Gasteiger partial charge in [-0.3, -0.25) is 0 Å². The maximum absolute atomic E-state index is 16.3. The largest absolute Gasteiger partial charge is 0.418 e. The second-order valence-electron chi connectivity index (χ2n) is 17.1. The van der Waals surface area contributed by atoms with Crippen LogP contribution in [0, 0.1) is 11.6 Å². The third-order valence-electron chi connectivity index (χ3n) is 13.0. The van der Waals surface area contributed by atoms with Crippen molar-refractivity contribution in [2.75, 3.05) is 0 Å². The van der Waals surface area contributed by atoms with E-state index in [9.17, 15) is 0 Å². The third-order valence-corrected chi connectivity index (χ3v) is 13.0. The number of aromatic nitrogens is 2. The van der Waals surface area contributed by atoms with Gasteiger partial charge in [-0.1, -0.05) is 146 Å².